The molecule has 1 atom stereocenters. The van der Waals surface area contributed by atoms with Crippen molar-refractivity contribution in [3.8, 4) is 0 Å². The zero-order chi connectivity index (χ0) is 12.2. The average molecular weight is 229 g/mol. The van der Waals surface area contributed by atoms with Crippen LogP contribution in [0.2, 0.25) is 0 Å². The zero-order valence-electron chi connectivity index (χ0n) is 9.86. The van der Waals surface area contributed by atoms with Crippen LogP contribution in [0, 0.1) is 5.41 Å². The molecule has 0 aliphatic carbocycles. The Morgan fingerprint density at radius 2 is 2.19 bits per heavy atom. The van der Waals surface area contributed by atoms with Gasteiger partial charge in [-0.15, -0.1) is 0 Å². The molecule has 0 aromatic heterocycles. The first-order chi connectivity index (χ1) is 7.49. The molecule has 0 bridgehead atoms. The van der Waals surface area contributed by atoms with Crippen LogP contribution in [0.1, 0.15) is 26.7 Å². The standard InChI is InChI=1S/C11H19NO4/c1-3-16-7-4-9(13)12-6-5-11(2,8-12)10(14)15/h3-8H2,1-2H3,(H,14,15). The summed E-state index contributed by atoms with van der Waals surface area (Å²) in [6.45, 7) is 5.42. The molecule has 1 rings (SSSR count). The van der Waals surface area contributed by atoms with Crippen LogP contribution in [0.15, 0.2) is 0 Å². The van der Waals surface area contributed by atoms with E-state index in [1.165, 1.54) is 0 Å². The Labute approximate surface area is 95.4 Å². The van der Waals surface area contributed by atoms with Crippen LogP contribution in [0.25, 0.3) is 0 Å². The van der Waals surface area contributed by atoms with Crippen molar-refractivity contribution in [2.45, 2.75) is 26.7 Å². The van der Waals surface area contributed by atoms with Gasteiger partial charge in [0.25, 0.3) is 0 Å². The molecule has 92 valence electrons. The molecule has 1 saturated heterocycles. The molecule has 1 heterocycles. The highest BCUT2D eigenvalue weighted by Crippen LogP contribution is 2.30. The number of carbonyl (C=O) groups excluding carboxylic acids is 1. The lowest BCUT2D eigenvalue weighted by atomic mass is 9.90. The highest BCUT2D eigenvalue weighted by molar-refractivity contribution is 5.80. The van der Waals surface area contributed by atoms with E-state index >= 15 is 0 Å². The van der Waals surface area contributed by atoms with Gasteiger partial charge in [-0.05, 0) is 20.3 Å². The van der Waals surface area contributed by atoms with Crippen molar-refractivity contribution in [1.82, 2.24) is 4.90 Å². The molecule has 1 N–H and O–H groups in total. The fraction of sp³-hybridized carbons (Fsp3) is 0.818. The maximum atomic E-state index is 11.7. The summed E-state index contributed by atoms with van der Waals surface area (Å²) in [7, 11) is 0. The van der Waals surface area contributed by atoms with Gasteiger partial charge in [-0.25, -0.2) is 0 Å². The number of ether oxygens (including phenoxy) is 1. The Morgan fingerprint density at radius 1 is 1.50 bits per heavy atom. The Kier molecular flexibility index (Phi) is 4.29. The lowest BCUT2D eigenvalue weighted by Crippen LogP contribution is -2.35. The number of likely N-dealkylation sites (tertiary alicyclic amines) is 1. The second-order valence-electron chi connectivity index (χ2n) is 4.38. The zero-order valence-corrected chi connectivity index (χ0v) is 9.86. The summed E-state index contributed by atoms with van der Waals surface area (Å²) in [5, 5.41) is 9.02. The number of carbonyl (C=O) groups is 2. The van der Waals surface area contributed by atoms with Crippen LogP contribution in [-0.2, 0) is 14.3 Å². The number of rotatable bonds is 5. The van der Waals surface area contributed by atoms with Crippen LogP contribution >= 0.6 is 0 Å². The first-order valence-electron chi connectivity index (χ1n) is 5.58. The third-order valence-corrected chi connectivity index (χ3v) is 3.01. The van der Waals surface area contributed by atoms with E-state index in [9.17, 15) is 9.59 Å². The van der Waals surface area contributed by atoms with Crippen molar-refractivity contribution in [2.24, 2.45) is 5.41 Å². The van der Waals surface area contributed by atoms with E-state index in [1.807, 2.05) is 6.92 Å². The van der Waals surface area contributed by atoms with Gasteiger partial charge in [0.15, 0.2) is 0 Å². The second kappa shape index (κ2) is 5.30. The van der Waals surface area contributed by atoms with Crippen LogP contribution in [0.4, 0.5) is 0 Å². The van der Waals surface area contributed by atoms with E-state index < -0.39 is 11.4 Å². The first-order valence-corrected chi connectivity index (χ1v) is 5.58. The van der Waals surface area contributed by atoms with E-state index in [-0.39, 0.29) is 5.91 Å². The molecule has 5 heteroatoms. The van der Waals surface area contributed by atoms with Gasteiger partial charge in [-0.3, -0.25) is 9.59 Å². The maximum absolute atomic E-state index is 11.7. The van der Waals surface area contributed by atoms with Crippen molar-refractivity contribution in [1.29, 1.82) is 0 Å². The average Bonchev–Trinajstić information content (AvgIpc) is 2.63. The minimum atomic E-state index is -0.826. The van der Waals surface area contributed by atoms with Crippen molar-refractivity contribution in [3.63, 3.8) is 0 Å². The summed E-state index contributed by atoms with van der Waals surface area (Å²) in [4.78, 5) is 24.3. The van der Waals surface area contributed by atoms with E-state index in [0.29, 0.717) is 39.1 Å². The molecule has 1 unspecified atom stereocenters. The molecule has 0 radical (unpaired) electrons. The predicted octanol–water partition coefficient (Wildman–Crippen LogP) is 0.736. The summed E-state index contributed by atoms with van der Waals surface area (Å²) in [6, 6.07) is 0. The SMILES string of the molecule is CCOCCC(=O)N1CCC(C)(C(=O)O)C1. The first kappa shape index (κ1) is 13.0. The Morgan fingerprint density at radius 3 is 2.69 bits per heavy atom. The number of aliphatic carboxylic acids is 1. The monoisotopic (exact) mass is 229 g/mol. The van der Waals surface area contributed by atoms with Crippen molar-refractivity contribution >= 4 is 11.9 Å². The predicted molar refractivity (Wildman–Crippen MR) is 58.0 cm³/mol. The molecule has 1 aliphatic heterocycles. The minimum Gasteiger partial charge on any atom is -0.481 e. The third kappa shape index (κ3) is 2.95. The van der Waals surface area contributed by atoms with Gasteiger partial charge in [-0.1, -0.05) is 0 Å². The molecule has 0 aromatic rings. The Balaban J connectivity index is 2.41. The number of carboxylic acids is 1. The van der Waals surface area contributed by atoms with E-state index in [4.69, 9.17) is 9.84 Å². The Bertz CT molecular complexity index is 279. The van der Waals surface area contributed by atoms with Gasteiger partial charge in [0.05, 0.1) is 18.4 Å². The summed E-state index contributed by atoms with van der Waals surface area (Å²) in [5.41, 5.74) is -0.777. The highest BCUT2D eigenvalue weighted by atomic mass is 16.5. The summed E-state index contributed by atoms with van der Waals surface area (Å²) in [5.74, 6) is -0.842. The third-order valence-electron chi connectivity index (χ3n) is 3.01. The molecule has 1 amide bonds. The Hall–Kier alpha value is -1.10. The quantitative estimate of drug-likeness (QED) is 0.706. The molecule has 5 nitrogen and oxygen atoms in total. The number of nitrogens with zero attached hydrogens (tertiary/aromatic N) is 1. The number of hydrogen-bond donors (Lipinski definition) is 1. The van der Waals surface area contributed by atoms with Crippen molar-refractivity contribution in [3.05, 3.63) is 0 Å². The van der Waals surface area contributed by atoms with Crippen LogP contribution in [0.5, 0.6) is 0 Å². The summed E-state index contributed by atoms with van der Waals surface area (Å²) >= 11 is 0. The molecular weight excluding hydrogens is 210 g/mol. The van der Waals surface area contributed by atoms with Crippen molar-refractivity contribution in [2.75, 3.05) is 26.3 Å². The van der Waals surface area contributed by atoms with E-state index in [2.05, 4.69) is 0 Å². The number of carboxylic acid groups (broad SMARTS) is 1. The molecular formula is C11H19NO4. The van der Waals surface area contributed by atoms with Gasteiger partial charge >= 0.3 is 5.97 Å². The largest absolute Gasteiger partial charge is 0.481 e. The molecule has 1 fully saturated rings. The fourth-order valence-electron chi connectivity index (χ4n) is 1.81. The fourth-order valence-corrected chi connectivity index (χ4v) is 1.81. The minimum absolute atomic E-state index is 0.0153. The molecule has 0 saturated carbocycles. The lowest BCUT2D eigenvalue weighted by molar-refractivity contribution is -0.147. The van der Waals surface area contributed by atoms with Crippen LogP contribution in [0.3, 0.4) is 0 Å². The molecule has 1 aliphatic rings. The normalized spacial score (nSPS) is 24.8. The molecule has 0 spiro atoms. The van der Waals surface area contributed by atoms with E-state index in [1.54, 1.807) is 11.8 Å². The topological polar surface area (TPSA) is 66.8 Å². The maximum Gasteiger partial charge on any atom is 0.311 e. The number of amides is 1. The van der Waals surface area contributed by atoms with Gasteiger partial charge in [-0.2, -0.15) is 0 Å². The van der Waals surface area contributed by atoms with Crippen molar-refractivity contribution < 1.29 is 19.4 Å². The summed E-state index contributed by atoms with van der Waals surface area (Å²) in [6.07, 6.45) is 0.867. The molecule has 0 aromatic carbocycles. The summed E-state index contributed by atoms with van der Waals surface area (Å²) < 4.78 is 5.10. The van der Waals surface area contributed by atoms with Gasteiger partial charge < -0.3 is 14.7 Å². The van der Waals surface area contributed by atoms with Gasteiger partial charge in [0.2, 0.25) is 5.91 Å². The van der Waals surface area contributed by atoms with Gasteiger partial charge in [0.1, 0.15) is 0 Å². The van der Waals surface area contributed by atoms with Crippen LogP contribution < -0.4 is 0 Å². The number of hydrogen-bond acceptors (Lipinski definition) is 3. The highest BCUT2D eigenvalue weighted by Gasteiger charge is 2.41. The van der Waals surface area contributed by atoms with E-state index in [0.717, 1.165) is 0 Å². The smallest absolute Gasteiger partial charge is 0.311 e. The van der Waals surface area contributed by atoms with Crippen LogP contribution in [-0.4, -0.2) is 48.2 Å². The lowest BCUT2D eigenvalue weighted by Gasteiger charge is -2.20. The second-order valence-corrected chi connectivity index (χ2v) is 4.38. The van der Waals surface area contributed by atoms with Gasteiger partial charge in [0, 0.05) is 19.7 Å². The molecule has 16 heavy (non-hydrogen) atoms.